The fraction of sp³-hybridized carbons (Fsp3) is 0.207. The van der Waals surface area contributed by atoms with Gasteiger partial charge >= 0.3 is 0 Å². The van der Waals surface area contributed by atoms with Gasteiger partial charge in [-0.15, -0.1) is 0 Å². The second-order valence-electron chi connectivity index (χ2n) is 9.03. The van der Waals surface area contributed by atoms with Gasteiger partial charge in [0, 0.05) is 74.4 Å². The molecule has 4 heterocycles. The number of para-hydroxylation sites is 1. The number of carbonyl (C=O) groups excluding carboxylic acids is 1. The third-order valence-electron chi connectivity index (χ3n) is 6.46. The van der Waals surface area contributed by atoms with Gasteiger partial charge < -0.3 is 20.5 Å². The number of anilines is 2. The Morgan fingerprint density at radius 3 is 2.56 bits per heavy atom. The van der Waals surface area contributed by atoms with Gasteiger partial charge in [0.15, 0.2) is 0 Å². The molecule has 0 aliphatic rings. The van der Waals surface area contributed by atoms with Crippen LogP contribution in [-0.2, 0) is 6.54 Å². The molecule has 0 unspecified atom stereocenters. The molecule has 9 nitrogen and oxygen atoms in total. The van der Waals surface area contributed by atoms with Gasteiger partial charge in [0.05, 0.1) is 16.8 Å². The molecule has 5 rings (SSSR count). The predicted octanol–water partition coefficient (Wildman–Crippen LogP) is 4.69. The lowest BCUT2D eigenvalue weighted by molar-refractivity contribution is 0.0964. The van der Waals surface area contributed by atoms with E-state index in [9.17, 15) is 4.79 Å². The highest BCUT2D eigenvalue weighted by Crippen LogP contribution is 2.27. The quantitative estimate of drug-likeness (QED) is 0.236. The molecule has 0 aliphatic carbocycles. The van der Waals surface area contributed by atoms with Crippen molar-refractivity contribution >= 4 is 41.9 Å². The Kier molecular flexibility index (Phi) is 9.11. The van der Waals surface area contributed by atoms with Crippen LogP contribution in [0, 0.1) is 0 Å². The summed E-state index contributed by atoms with van der Waals surface area (Å²) in [7, 11) is 1.63. The Hall–Kier alpha value is -4.44. The molecule has 39 heavy (non-hydrogen) atoms. The van der Waals surface area contributed by atoms with Crippen molar-refractivity contribution in [3.63, 3.8) is 0 Å². The molecular weight excluding hydrogens is 508 g/mol. The first kappa shape index (κ1) is 27.6. The number of pyridine rings is 2. The highest BCUT2D eigenvalue weighted by Gasteiger charge is 2.15. The zero-order chi connectivity index (χ0) is 26.3. The van der Waals surface area contributed by atoms with E-state index in [4.69, 9.17) is 0 Å². The average Bonchev–Trinajstić information content (AvgIpc) is 3.49. The Labute approximate surface area is 234 Å². The molecule has 1 aromatic carbocycles. The molecule has 0 bridgehead atoms. The Morgan fingerprint density at radius 2 is 1.79 bits per heavy atom. The predicted molar refractivity (Wildman–Crippen MR) is 161 cm³/mol. The van der Waals surface area contributed by atoms with Gasteiger partial charge in [0.2, 0.25) is 0 Å². The molecule has 3 N–H and O–H groups in total. The van der Waals surface area contributed by atoms with Crippen LogP contribution >= 0.6 is 13.5 Å². The van der Waals surface area contributed by atoms with E-state index in [0.717, 1.165) is 52.4 Å². The number of aromatic nitrogens is 5. The van der Waals surface area contributed by atoms with Crippen LogP contribution in [0.4, 0.5) is 11.6 Å². The van der Waals surface area contributed by atoms with E-state index < -0.39 is 0 Å². The summed E-state index contributed by atoms with van der Waals surface area (Å²) in [6.45, 7) is 4.44. The fourth-order valence-electron chi connectivity index (χ4n) is 4.39. The molecule has 0 aliphatic heterocycles. The Bertz CT molecular complexity index is 1520. The van der Waals surface area contributed by atoms with Crippen molar-refractivity contribution in [2.75, 3.05) is 30.8 Å². The number of rotatable bonds is 10. The third-order valence-corrected chi connectivity index (χ3v) is 6.46. The van der Waals surface area contributed by atoms with E-state index in [0.29, 0.717) is 12.1 Å². The zero-order valence-electron chi connectivity index (χ0n) is 21.9. The molecule has 0 fully saturated rings. The molecule has 4 aromatic heterocycles. The smallest absolute Gasteiger partial charge is 0.251 e. The zero-order valence-corrected chi connectivity index (χ0v) is 22.9. The van der Waals surface area contributed by atoms with Crippen LogP contribution in [0.5, 0.6) is 0 Å². The van der Waals surface area contributed by atoms with E-state index in [1.54, 1.807) is 25.6 Å². The summed E-state index contributed by atoms with van der Waals surface area (Å²) in [5.41, 5.74) is 4.23. The summed E-state index contributed by atoms with van der Waals surface area (Å²) in [6, 6.07) is 17.6. The van der Waals surface area contributed by atoms with Crippen LogP contribution in [-0.4, -0.2) is 50.5 Å². The van der Waals surface area contributed by atoms with E-state index in [1.165, 1.54) is 0 Å². The number of nitrogens with zero attached hydrogens (tertiary/aromatic N) is 5. The molecule has 5 aromatic rings. The monoisotopic (exact) mass is 540 g/mol. The van der Waals surface area contributed by atoms with Gasteiger partial charge in [0.1, 0.15) is 18.0 Å². The molecule has 1 atom stereocenters. The first-order chi connectivity index (χ1) is 18.6. The summed E-state index contributed by atoms with van der Waals surface area (Å²) >= 11 is 0. The molecule has 0 saturated heterocycles. The number of fused-ring (bicyclic) bond motifs is 1. The topological polar surface area (TPSA) is 110 Å². The number of hydrogen-bond donors (Lipinski definition) is 3. The number of carbonyl (C=O) groups is 1. The average molecular weight is 541 g/mol. The summed E-state index contributed by atoms with van der Waals surface area (Å²) in [6.07, 6.45) is 9.15. The lowest BCUT2D eigenvalue weighted by Gasteiger charge is -2.16. The fourth-order valence-corrected chi connectivity index (χ4v) is 4.39. The molecule has 200 valence electrons. The third kappa shape index (κ3) is 6.53. The van der Waals surface area contributed by atoms with Crippen molar-refractivity contribution in [3.8, 4) is 11.3 Å². The minimum absolute atomic E-state index is 0. The van der Waals surface area contributed by atoms with Crippen molar-refractivity contribution in [1.82, 2.24) is 29.8 Å². The minimum atomic E-state index is -0.121. The number of amides is 1. The maximum atomic E-state index is 12.3. The maximum Gasteiger partial charge on any atom is 0.251 e. The summed E-state index contributed by atoms with van der Waals surface area (Å²) in [4.78, 5) is 30.2. The van der Waals surface area contributed by atoms with Crippen molar-refractivity contribution in [3.05, 3.63) is 96.8 Å². The first-order valence-corrected chi connectivity index (χ1v) is 12.6. The van der Waals surface area contributed by atoms with E-state index >= 15 is 0 Å². The normalized spacial score (nSPS) is 11.4. The van der Waals surface area contributed by atoms with Crippen LogP contribution in [0.25, 0.3) is 22.2 Å². The van der Waals surface area contributed by atoms with Gasteiger partial charge in [0.25, 0.3) is 5.91 Å². The lowest BCUT2D eigenvalue weighted by Crippen LogP contribution is -2.18. The van der Waals surface area contributed by atoms with E-state index in [-0.39, 0.29) is 25.3 Å². The van der Waals surface area contributed by atoms with Crippen molar-refractivity contribution in [1.29, 1.82) is 0 Å². The second kappa shape index (κ2) is 12.9. The Morgan fingerprint density at radius 1 is 0.949 bits per heavy atom. The van der Waals surface area contributed by atoms with Crippen molar-refractivity contribution in [2.45, 2.75) is 19.4 Å². The van der Waals surface area contributed by atoms with Crippen LogP contribution in [0.15, 0.2) is 85.7 Å². The summed E-state index contributed by atoms with van der Waals surface area (Å²) < 4.78 is 2.12. The highest BCUT2D eigenvalue weighted by molar-refractivity contribution is 7.59. The van der Waals surface area contributed by atoms with Gasteiger partial charge in [-0.1, -0.05) is 25.1 Å². The largest absolute Gasteiger partial charge is 0.369 e. The standard InChI is InChI=1S/C29H30N8O.H2S/c1-20(22-6-5-7-23-24(29(38)30-2)10-11-32-28(22)23)17-33-27-16-25(35-19-36-27)21-8-9-26(34-18-21)31-12-15-37-13-3-4-14-37;/h3-11,13-14,16,18-20H,12,15,17H2,1-2H3,(H,30,38)(H,31,34)(H,33,35,36);1H2/t20-;/m1./s1. The van der Waals surface area contributed by atoms with Crippen LogP contribution in [0.1, 0.15) is 28.8 Å². The molecular formula is C29H32N8OS. The lowest BCUT2D eigenvalue weighted by atomic mass is 9.96. The molecule has 0 saturated carbocycles. The Balaban J connectivity index is 0.00000353. The number of hydrogen-bond acceptors (Lipinski definition) is 7. The number of nitrogens with one attached hydrogen (secondary N) is 3. The minimum Gasteiger partial charge on any atom is -0.369 e. The molecule has 0 radical (unpaired) electrons. The van der Waals surface area contributed by atoms with Gasteiger partial charge in [-0.3, -0.25) is 9.78 Å². The van der Waals surface area contributed by atoms with Gasteiger partial charge in [-0.2, -0.15) is 13.5 Å². The van der Waals surface area contributed by atoms with E-state index in [1.807, 2.05) is 61.1 Å². The first-order valence-electron chi connectivity index (χ1n) is 12.6. The van der Waals surface area contributed by atoms with Crippen LogP contribution in [0.3, 0.4) is 0 Å². The molecule has 10 heteroatoms. The second-order valence-corrected chi connectivity index (χ2v) is 9.03. The van der Waals surface area contributed by atoms with E-state index in [2.05, 4.69) is 53.4 Å². The van der Waals surface area contributed by atoms with Crippen molar-refractivity contribution in [2.24, 2.45) is 0 Å². The molecule has 1 amide bonds. The molecule has 0 spiro atoms. The SMILES string of the molecule is CNC(=O)c1ccnc2c([C@H](C)CNc3cc(-c4ccc(NCCn5cccc5)nc4)ncn3)cccc12.S. The number of benzene rings is 1. The maximum absolute atomic E-state index is 12.3. The van der Waals surface area contributed by atoms with Crippen molar-refractivity contribution < 1.29 is 4.79 Å². The summed E-state index contributed by atoms with van der Waals surface area (Å²) in [5.74, 6) is 1.56. The summed E-state index contributed by atoms with van der Waals surface area (Å²) in [5, 5.41) is 10.3. The van der Waals surface area contributed by atoms with Gasteiger partial charge in [-0.05, 0) is 35.9 Å². The van der Waals surface area contributed by atoms with Crippen LogP contribution < -0.4 is 16.0 Å². The van der Waals surface area contributed by atoms with Gasteiger partial charge in [-0.25, -0.2) is 15.0 Å². The van der Waals surface area contributed by atoms with Crippen LogP contribution in [0.2, 0.25) is 0 Å². The highest BCUT2D eigenvalue weighted by atomic mass is 32.1.